The molecule has 0 unspecified atom stereocenters. The Kier molecular flexibility index (Phi) is 2.67. The van der Waals surface area contributed by atoms with E-state index >= 15 is 0 Å². The predicted molar refractivity (Wildman–Crippen MR) is 56.6 cm³/mol. The molecule has 0 saturated heterocycles. The highest BCUT2D eigenvalue weighted by molar-refractivity contribution is 6.43. The smallest absolute Gasteiger partial charge is 0.271 e. The van der Waals surface area contributed by atoms with Crippen LogP contribution in [0.1, 0.15) is 12.8 Å². The summed E-state index contributed by atoms with van der Waals surface area (Å²) in [5.41, 5.74) is 3.20. The van der Waals surface area contributed by atoms with Crippen LogP contribution in [0.25, 0.3) is 0 Å². The van der Waals surface area contributed by atoms with Crippen molar-refractivity contribution in [3.05, 3.63) is 12.4 Å². The molecule has 0 radical (unpaired) electrons. The molecular weight excluding hydrogens is 210 g/mol. The molecule has 84 valence electrons. The van der Waals surface area contributed by atoms with E-state index in [0.29, 0.717) is 24.2 Å². The summed E-state index contributed by atoms with van der Waals surface area (Å²) in [5, 5.41) is 10.3. The number of carbonyl (C=O) groups is 2. The van der Waals surface area contributed by atoms with E-state index in [1.807, 2.05) is 0 Å². The molecule has 0 bridgehead atoms. The highest BCUT2D eigenvalue weighted by Crippen LogP contribution is 2.06. The molecule has 1 aromatic heterocycles. The van der Waals surface area contributed by atoms with Crippen LogP contribution < -0.4 is 10.7 Å². The van der Waals surface area contributed by atoms with E-state index in [-0.39, 0.29) is 11.8 Å². The highest BCUT2D eigenvalue weighted by Gasteiger charge is 2.18. The van der Waals surface area contributed by atoms with Crippen LogP contribution in [0.15, 0.2) is 17.5 Å². The Morgan fingerprint density at radius 3 is 2.94 bits per heavy atom. The van der Waals surface area contributed by atoms with E-state index < -0.39 is 0 Å². The van der Waals surface area contributed by atoms with Crippen molar-refractivity contribution in [3.63, 3.8) is 0 Å². The summed E-state index contributed by atoms with van der Waals surface area (Å²) in [7, 11) is 1.76. The molecule has 0 spiro atoms. The van der Waals surface area contributed by atoms with Gasteiger partial charge in [-0.05, 0) is 0 Å². The summed E-state index contributed by atoms with van der Waals surface area (Å²) in [6.07, 6.45) is 3.87. The van der Waals surface area contributed by atoms with Crippen LogP contribution in [0.3, 0.4) is 0 Å². The van der Waals surface area contributed by atoms with Crippen molar-refractivity contribution >= 4 is 23.2 Å². The number of amides is 2. The fourth-order valence-corrected chi connectivity index (χ4v) is 1.33. The number of aromatic nitrogens is 2. The zero-order valence-corrected chi connectivity index (χ0v) is 8.73. The Labute approximate surface area is 91.5 Å². The number of anilines is 1. The Morgan fingerprint density at radius 2 is 2.38 bits per heavy atom. The third kappa shape index (κ3) is 2.25. The van der Waals surface area contributed by atoms with Crippen molar-refractivity contribution in [1.82, 2.24) is 15.2 Å². The quantitative estimate of drug-likeness (QED) is 0.713. The minimum atomic E-state index is -0.312. The topological polar surface area (TPSA) is 88.4 Å². The van der Waals surface area contributed by atoms with Gasteiger partial charge < -0.3 is 5.32 Å². The largest absolute Gasteiger partial charge is 0.318 e. The lowest BCUT2D eigenvalue weighted by Gasteiger charge is -2.10. The van der Waals surface area contributed by atoms with Crippen LogP contribution in [0.2, 0.25) is 0 Å². The lowest BCUT2D eigenvalue weighted by molar-refractivity contribution is -0.121. The number of hydrazone groups is 1. The third-order valence-corrected chi connectivity index (χ3v) is 2.13. The van der Waals surface area contributed by atoms with Crippen molar-refractivity contribution in [2.45, 2.75) is 12.8 Å². The van der Waals surface area contributed by atoms with Gasteiger partial charge in [0, 0.05) is 26.1 Å². The molecule has 1 aliphatic rings. The van der Waals surface area contributed by atoms with Crippen LogP contribution in [-0.2, 0) is 16.6 Å². The van der Waals surface area contributed by atoms with E-state index in [4.69, 9.17) is 0 Å². The van der Waals surface area contributed by atoms with Crippen LogP contribution >= 0.6 is 0 Å². The van der Waals surface area contributed by atoms with Gasteiger partial charge >= 0.3 is 0 Å². The van der Waals surface area contributed by atoms with Gasteiger partial charge in [-0.25, -0.2) is 5.43 Å². The predicted octanol–water partition coefficient (Wildman–Crippen LogP) is -0.375. The Bertz CT molecular complexity index is 462. The minimum absolute atomic E-state index is 0.169. The molecule has 2 heterocycles. The van der Waals surface area contributed by atoms with Gasteiger partial charge in [0.05, 0.1) is 11.9 Å². The van der Waals surface area contributed by atoms with Gasteiger partial charge in [0.15, 0.2) is 0 Å². The lowest BCUT2D eigenvalue weighted by atomic mass is 10.1. The Balaban J connectivity index is 2.01. The van der Waals surface area contributed by atoms with E-state index in [9.17, 15) is 9.59 Å². The average molecular weight is 221 g/mol. The molecule has 0 aliphatic carbocycles. The van der Waals surface area contributed by atoms with Crippen molar-refractivity contribution in [1.29, 1.82) is 0 Å². The second kappa shape index (κ2) is 4.13. The molecule has 7 nitrogen and oxygen atoms in total. The van der Waals surface area contributed by atoms with Crippen LogP contribution in [0.4, 0.5) is 5.69 Å². The molecule has 1 aliphatic heterocycles. The van der Waals surface area contributed by atoms with Gasteiger partial charge in [-0.2, -0.15) is 10.2 Å². The molecule has 16 heavy (non-hydrogen) atoms. The molecule has 1 aromatic rings. The molecule has 2 amide bonds. The van der Waals surface area contributed by atoms with Gasteiger partial charge in [0.2, 0.25) is 5.91 Å². The first-order valence-electron chi connectivity index (χ1n) is 4.80. The number of hydrogen-bond acceptors (Lipinski definition) is 4. The summed E-state index contributed by atoms with van der Waals surface area (Å²) < 4.78 is 1.58. The number of nitrogens with one attached hydrogen (secondary N) is 2. The monoisotopic (exact) mass is 221 g/mol. The second-order valence-corrected chi connectivity index (χ2v) is 3.45. The standard InChI is InChI=1S/C9H11N5O2/c1-14-5-6(4-10-14)11-9(16)7-2-3-8(15)13-12-7/h4-5H,2-3H2,1H3,(H,11,16)(H,13,15). The molecule has 2 N–H and O–H groups in total. The van der Waals surface area contributed by atoms with Gasteiger partial charge in [-0.3, -0.25) is 14.3 Å². The summed E-state index contributed by atoms with van der Waals surface area (Å²) in [6, 6.07) is 0. The second-order valence-electron chi connectivity index (χ2n) is 3.45. The average Bonchev–Trinajstić information content (AvgIpc) is 2.65. The van der Waals surface area contributed by atoms with Gasteiger partial charge in [-0.15, -0.1) is 0 Å². The van der Waals surface area contributed by atoms with Crippen LogP contribution in [0.5, 0.6) is 0 Å². The summed E-state index contributed by atoms with van der Waals surface area (Å²) in [5.74, 6) is -0.481. The molecular formula is C9H11N5O2. The fourth-order valence-electron chi connectivity index (χ4n) is 1.33. The minimum Gasteiger partial charge on any atom is -0.318 e. The van der Waals surface area contributed by atoms with Crippen LogP contribution in [-0.4, -0.2) is 27.3 Å². The number of aryl methyl sites for hydroxylation is 1. The Hall–Kier alpha value is -2.18. The summed E-state index contributed by atoms with van der Waals surface area (Å²) in [6.45, 7) is 0. The normalized spacial score (nSPS) is 15.3. The van der Waals surface area contributed by atoms with Crippen molar-refractivity contribution < 1.29 is 9.59 Å². The van der Waals surface area contributed by atoms with Crippen molar-refractivity contribution in [3.8, 4) is 0 Å². The molecule has 0 aromatic carbocycles. The summed E-state index contributed by atoms with van der Waals surface area (Å²) >= 11 is 0. The number of hydrogen-bond donors (Lipinski definition) is 2. The third-order valence-electron chi connectivity index (χ3n) is 2.13. The fraction of sp³-hybridized carbons (Fsp3) is 0.333. The molecule has 0 saturated carbocycles. The number of carbonyl (C=O) groups excluding carboxylic acids is 2. The van der Waals surface area contributed by atoms with Crippen molar-refractivity contribution in [2.75, 3.05) is 5.32 Å². The van der Waals surface area contributed by atoms with E-state index in [0.717, 1.165) is 0 Å². The maximum atomic E-state index is 11.7. The van der Waals surface area contributed by atoms with E-state index in [1.54, 1.807) is 24.1 Å². The number of nitrogens with zero attached hydrogens (tertiary/aromatic N) is 3. The van der Waals surface area contributed by atoms with E-state index in [1.165, 1.54) is 0 Å². The highest BCUT2D eigenvalue weighted by atomic mass is 16.2. The van der Waals surface area contributed by atoms with Gasteiger partial charge in [-0.1, -0.05) is 0 Å². The summed E-state index contributed by atoms with van der Waals surface area (Å²) in [4.78, 5) is 22.5. The molecule has 0 fully saturated rings. The lowest BCUT2D eigenvalue weighted by Crippen LogP contribution is -2.32. The maximum Gasteiger partial charge on any atom is 0.271 e. The number of rotatable bonds is 2. The Morgan fingerprint density at radius 1 is 1.56 bits per heavy atom. The van der Waals surface area contributed by atoms with Crippen molar-refractivity contribution in [2.24, 2.45) is 12.1 Å². The first-order valence-corrected chi connectivity index (χ1v) is 4.80. The zero-order chi connectivity index (χ0) is 11.5. The first-order chi connectivity index (χ1) is 7.65. The van der Waals surface area contributed by atoms with Gasteiger partial charge in [0.25, 0.3) is 5.91 Å². The van der Waals surface area contributed by atoms with E-state index in [2.05, 4.69) is 20.9 Å². The SMILES string of the molecule is Cn1cc(NC(=O)C2=NNC(=O)CC2)cn1. The zero-order valence-electron chi connectivity index (χ0n) is 8.73. The molecule has 7 heteroatoms. The van der Waals surface area contributed by atoms with Gasteiger partial charge in [0.1, 0.15) is 5.71 Å². The molecule has 0 atom stereocenters. The first kappa shape index (κ1) is 10.3. The molecule has 2 rings (SSSR count). The van der Waals surface area contributed by atoms with Crippen LogP contribution in [0, 0.1) is 0 Å². The maximum absolute atomic E-state index is 11.7.